The molecule has 2 N–H and O–H groups in total. The normalized spacial score (nSPS) is 13.2. The summed E-state index contributed by atoms with van der Waals surface area (Å²) in [5.74, 6) is 0.991. The van der Waals surface area contributed by atoms with Gasteiger partial charge in [0.1, 0.15) is 18.2 Å². The minimum Gasteiger partial charge on any atom is -0.485 e. The lowest BCUT2D eigenvalue weighted by Gasteiger charge is -2.07. The first-order chi connectivity index (χ1) is 8.20. The van der Waals surface area contributed by atoms with Crippen LogP contribution in [0.25, 0.3) is 0 Å². The molecule has 1 heterocycles. The summed E-state index contributed by atoms with van der Waals surface area (Å²) < 4.78 is 28.6. The molecule has 1 aromatic rings. The lowest BCUT2D eigenvalue weighted by Crippen LogP contribution is -2.01. The van der Waals surface area contributed by atoms with Crippen molar-refractivity contribution in [2.24, 2.45) is 5.73 Å². The van der Waals surface area contributed by atoms with Crippen molar-refractivity contribution in [1.29, 1.82) is 0 Å². The number of fused-ring (bicyclic) bond motifs is 1. The van der Waals surface area contributed by atoms with Gasteiger partial charge in [-0.05, 0) is 6.08 Å². The fourth-order valence-corrected chi connectivity index (χ4v) is 1.55. The number of halogens is 3. The van der Waals surface area contributed by atoms with Crippen LogP contribution < -0.4 is 19.9 Å². The Bertz CT molecular complexity index is 454. The number of hydrogen-bond acceptors (Lipinski definition) is 4. The molecule has 0 saturated carbocycles. The Balaban J connectivity index is 0.00000162. The van der Waals surface area contributed by atoms with Crippen molar-refractivity contribution >= 4 is 24.0 Å². The largest absolute Gasteiger partial charge is 0.485 e. The van der Waals surface area contributed by atoms with Crippen molar-refractivity contribution in [3.63, 3.8) is 0 Å². The second kappa shape index (κ2) is 6.68. The average Bonchev–Trinajstić information content (AvgIpc) is 2.73. The van der Waals surface area contributed by atoms with Crippen LogP contribution in [0.5, 0.6) is 17.2 Å². The van der Waals surface area contributed by atoms with Crippen LogP contribution in [-0.4, -0.2) is 19.9 Å². The molecular weight excluding hydrogens is 284 g/mol. The van der Waals surface area contributed by atoms with Gasteiger partial charge in [0.25, 0.3) is 0 Å². The smallest absolute Gasteiger partial charge is 0.231 e. The molecule has 0 atom stereocenters. The van der Waals surface area contributed by atoms with Gasteiger partial charge in [0.15, 0.2) is 11.5 Å². The first-order valence-electron chi connectivity index (χ1n) is 4.97. The molecule has 2 rings (SSSR count). The Morgan fingerprint density at radius 3 is 2.78 bits per heavy atom. The fourth-order valence-electron chi connectivity index (χ4n) is 1.34. The SMILES string of the molecule is Cl.NC/C=C(/F)COc1cc2c(cc1Cl)OCO2. The summed E-state index contributed by atoms with van der Waals surface area (Å²) in [5.41, 5.74) is 5.17. The number of nitrogens with two attached hydrogens (primary N) is 1. The van der Waals surface area contributed by atoms with Crippen LogP contribution in [0.4, 0.5) is 4.39 Å². The third kappa shape index (κ3) is 3.41. The van der Waals surface area contributed by atoms with Gasteiger partial charge in [-0.1, -0.05) is 11.6 Å². The highest BCUT2D eigenvalue weighted by Gasteiger charge is 2.17. The molecule has 0 radical (unpaired) electrons. The van der Waals surface area contributed by atoms with Gasteiger partial charge in [0, 0.05) is 18.7 Å². The fraction of sp³-hybridized carbons (Fsp3) is 0.273. The number of hydrogen-bond donors (Lipinski definition) is 1. The molecule has 7 heteroatoms. The third-order valence-corrected chi connectivity index (χ3v) is 2.43. The van der Waals surface area contributed by atoms with Crippen molar-refractivity contribution in [2.75, 3.05) is 19.9 Å². The van der Waals surface area contributed by atoms with E-state index in [9.17, 15) is 4.39 Å². The maximum atomic E-state index is 13.1. The van der Waals surface area contributed by atoms with Crippen molar-refractivity contribution in [3.05, 3.63) is 29.1 Å². The van der Waals surface area contributed by atoms with Crippen LogP contribution in [0, 0.1) is 0 Å². The quantitative estimate of drug-likeness (QED) is 0.928. The van der Waals surface area contributed by atoms with Crippen LogP contribution in [0.15, 0.2) is 24.0 Å². The van der Waals surface area contributed by atoms with Crippen molar-refractivity contribution < 1.29 is 18.6 Å². The maximum absolute atomic E-state index is 13.1. The van der Waals surface area contributed by atoms with E-state index in [4.69, 9.17) is 31.5 Å². The lowest BCUT2D eigenvalue weighted by molar-refractivity contribution is 0.173. The second-order valence-electron chi connectivity index (χ2n) is 3.31. The Kier molecular flexibility index (Phi) is 5.53. The van der Waals surface area contributed by atoms with Crippen molar-refractivity contribution in [1.82, 2.24) is 0 Å². The Morgan fingerprint density at radius 2 is 2.11 bits per heavy atom. The summed E-state index contributed by atoms with van der Waals surface area (Å²) in [5, 5.41) is 0.342. The van der Waals surface area contributed by atoms with Gasteiger partial charge in [0.2, 0.25) is 6.79 Å². The summed E-state index contributed by atoms with van der Waals surface area (Å²) in [6, 6.07) is 3.14. The Hall–Kier alpha value is -1.17. The van der Waals surface area contributed by atoms with Crippen LogP contribution in [0.2, 0.25) is 5.02 Å². The number of benzene rings is 1. The van der Waals surface area contributed by atoms with Gasteiger partial charge in [-0.25, -0.2) is 4.39 Å². The summed E-state index contributed by atoms with van der Waals surface area (Å²) in [7, 11) is 0. The molecule has 100 valence electrons. The van der Waals surface area contributed by atoms with Crippen molar-refractivity contribution in [2.45, 2.75) is 0 Å². The first kappa shape index (κ1) is 14.9. The highest BCUT2D eigenvalue weighted by Crippen LogP contribution is 2.40. The Morgan fingerprint density at radius 1 is 1.44 bits per heavy atom. The molecule has 1 aliphatic rings. The molecule has 1 aromatic carbocycles. The standard InChI is InChI=1S/C11H11ClFNO3.ClH/c12-8-3-10-11(17-6-16-10)4-9(8)15-5-7(13)1-2-14;/h1,3-4H,2,5-6,14H2;1H/b7-1+;. The van der Waals surface area contributed by atoms with Gasteiger partial charge in [-0.3, -0.25) is 0 Å². The van der Waals surface area contributed by atoms with Gasteiger partial charge in [-0.15, -0.1) is 12.4 Å². The van der Waals surface area contributed by atoms with Crippen LogP contribution in [0.1, 0.15) is 0 Å². The molecule has 0 bridgehead atoms. The highest BCUT2D eigenvalue weighted by atomic mass is 35.5. The molecule has 4 nitrogen and oxygen atoms in total. The summed E-state index contributed by atoms with van der Waals surface area (Å²) in [6.07, 6.45) is 1.24. The van der Waals surface area contributed by atoms with Crippen molar-refractivity contribution in [3.8, 4) is 17.2 Å². The second-order valence-corrected chi connectivity index (χ2v) is 3.72. The molecule has 0 saturated heterocycles. The molecule has 0 unspecified atom stereocenters. The van der Waals surface area contributed by atoms with E-state index in [1.807, 2.05) is 0 Å². The van der Waals surface area contributed by atoms with E-state index in [1.165, 1.54) is 6.08 Å². The first-order valence-corrected chi connectivity index (χ1v) is 5.35. The highest BCUT2D eigenvalue weighted by molar-refractivity contribution is 6.32. The molecule has 0 amide bonds. The zero-order chi connectivity index (χ0) is 12.3. The zero-order valence-electron chi connectivity index (χ0n) is 9.32. The van der Waals surface area contributed by atoms with Gasteiger partial charge in [-0.2, -0.15) is 0 Å². The predicted octanol–water partition coefficient (Wildman–Crippen LogP) is 2.68. The predicted molar refractivity (Wildman–Crippen MR) is 68.6 cm³/mol. The minimum atomic E-state index is -0.443. The molecule has 1 aliphatic heterocycles. The molecule has 0 fully saturated rings. The van der Waals surface area contributed by atoms with Crippen LogP contribution in [0.3, 0.4) is 0 Å². The molecular formula is C11H12Cl2FNO3. The molecule has 0 aliphatic carbocycles. The summed E-state index contributed by atoms with van der Waals surface area (Å²) >= 11 is 5.94. The van der Waals surface area contributed by atoms with E-state index in [0.29, 0.717) is 22.3 Å². The van der Waals surface area contributed by atoms with Gasteiger partial charge >= 0.3 is 0 Å². The number of rotatable bonds is 4. The van der Waals surface area contributed by atoms with E-state index < -0.39 is 5.83 Å². The van der Waals surface area contributed by atoms with E-state index in [0.717, 1.165) is 0 Å². The minimum absolute atomic E-state index is 0. The zero-order valence-corrected chi connectivity index (χ0v) is 10.9. The molecule has 18 heavy (non-hydrogen) atoms. The third-order valence-electron chi connectivity index (χ3n) is 2.13. The average molecular weight is 296 g/mol. The maximum Gasteiger partial charge on any atom is 0.231 e. The van der Waals surface area contributed by atoms with E-state index in [2.05, 4.69) is 0 Å². The monoisotopic (exact) mass is 295 g/mol. The summed E-state index contributed by atoms with van der Waals surface area (Å²) in [6.45, 7) is 0.0666. The Labute approximate surface area is 115 Å². The van der Waals surface area contributed by atoms with Crippen LogP contribution in [-0.2, 0) is 0 Å². The van der Waals surface area contributed by atoms with Crippen LogP contribution >= 0.6 is 24.0 Å². The van der Waals surface area contributed by atoms with E-state index in [-0.39, 0.29) is 32.4 Å². The van der Waals surface area contributed by atoms with E-state index >= 15 is 0 Å². The topological polar surface area (TPSA) is 53.7 Å². The molecule has 0 aromatic heterocycles. The molecule has 0 spiro atoms. The van der Waals surface area contributed by atoms with Gasteiger partial charge in [0.05, 0.1) is 5.02 Å². The van der Waals surface area contributed by atoms with Gasteiger partial charge < -0.3 is 19.9 Å². The van der Waals surface area contributed by atoms with E-state index in [1.54, 1.807) is 12.1 Å². The lowest BCUT2D eigenvalue weighted by atomic mass is 10.3. The number of ether oxygens (including phenoxy) is 3. The summed E-state index contributed by atoms with van der Waals surface area (Å²) in [4.78, 5) is 0.